The highest BCUT2D eigenvalue weighted by Crippen LogP contribution is 2.25. The van der Waals surface area contributed by atoms with Crippen molar-refractivity contribution in [2.45, 2.75) is 0 Å². The average Bonchev–Trinajstić information content (AvgIpc) is 2.34. The van der Waals surface area contributed by atoms with E-state index >= 15 is 0 Å². The van der Waals surface area contributed by atoms with E-state index in [0.717, 1.165) is 15.9 Å². The highest BCUT2D eigenvalue weighted by atomic mass is 79.9. The fourth-order valence-corrected chi connectivity index (χ4v) is 1.69. The van der Waals surface area contributed by atoms with Crippen LogP contribution in [0.2, 0.25) is 5.28 Å². The van der Waals surface area contributed by atoms with Crippen molar-refractivity contribution in [1.29, 1.82) is 0 Å². The van der Waals surface area contributed by atoms with Crippen molar-refractivity contribution in [2.24, 2.45) is 0 Å². The Kier molecular flexibility index (Phi) is 3.81. The molecule has 0 saturated carbocycles. The first-order valence-corrected chi connectivity index (χ1v) is 5.95. The second-order valence-electron chi connectivity index (χ2n) is 3.19. The molecule has 0 aliphatic rings. The Labute approximate surface area is 112 Å². The third kappa shape index (κ3) is 3.08. The zero-order chi connectivity index (χ0) is 12.3. The maximum Gasteiger partial charge on any atom is 0.224 e. The molecule has 0 unspecified atom stereocenters. The summed E-state index contributed by atoms with van der Waals surface area (Å²) >= 11 is 9.08. The van der Waals surface area contributed by atoms with Gasteiger partial charge in [0.1, 0.15) is 11.6 Å². The van der Waals surface area contributed by atoms with Crippen LogP contribution in [0.5, 0.6) is 5.75 Å². The van der Waals surface area contributed by atoms with E-state index in [2.05, 4.69) is 31.2 Å². The minimum absolute atomic E-state index is 0.193. The van der Waals surface area contributed by atoms with E-state index in [1.54, 1.807) is 13.3 Å². The van der Waals surface area contributed by atoms with Gasteiger partial charge in [-0.2, -0.15) is 4.98 Å². The van der Waals surface area contributed by atoms with Crippen LogP contribution in [0, 0.1) is 0 Å². The number of methoxy groups -OCH3 is 1. The predicted octanol–water partition coefficient (Wildman–Crippen LogP) is 3.64. The highest BCUT2D eigenvalue weighted by molar-refractivity contribution is 9.10. The van der Waals surface area contributed by atoms with Crippen LogP contribution in [-0.2, 0) is 0 Å². The number of nitrogens with zero attached hydrogens (tertiary/aromatic N) is 2. The summed E-state index contributed by atoms with van der Waals surface area (Å²) in [7, 11) is 1.62. The molecule has 0 amide bonds. The molecule has 2 aromatic rings. The van der Waals surface area contributed by atoms with Crippen molar-refractivity contribution in [3.05, 3.63) is 40.2 Å². The lowest BCUT2D eigenvalue weighted by Crippen LogP contribution is -1.96. The van der Waals surface area contributed by atoms with Crippen molar-refractivity contribution >= 4 is 39.0 Å². The average molecular weight is 315 g/mol. The smallest absolute Gasteiger partial charge is 0.224 e. The predicted molar refractivity (Wildman–Crippen MR) is 71.0 cm³/mol. The van der Waals surface area contributed by atoms with Gasteiger partial charge in [0, 0.05) is 18.0 Å². The van der Waals surface area contributed by atoms with Gasteiger partial charge in [0.05, 0.1) is 11.6 Å². The molecule has 0 fully saturated rings. The van der Waals surface area contributed by atoms with Crippen molar-refractivity contribution < 1.29 is 4.74 Å². The van der Waals surface area contributed by atoms with Gasteiger partial charge in [-0.25, -0.2) is 4.98 Å². The Morgan fingerprint density at radius 1 is 1.41 bits per heavy atom. The van der Waals surface area contributed by atoms with E-state index in [-0.39, 0.29) is 5.28 Å². The Morgan fingerprint density at radius 2 is 2.24 bits per heavy atom. The molecular weight excluding hydrogens is 305 g/mol. The number of nitrogens with one attached hydrogen (secondary N) is 1. The number of rotatable bonds is 3. The summed E-state index contributed by atoms with van der Waals surface area (Å²) in [6.45, 7) is 0. The van der Waals surface area contributed by atoms with Gasteiger partial charge >= 0.3 is 0 Å². The van der Waals surface area contributed by atoms with E-state index in [0.29, 0.717) is 5.82 Å². The van der Waals surface area contributed by atoms with Gasteiger partial charge in [-0.15, -0.1) is 0 Å². The number of hydrogen-bond donors (Lipinski definition) is 1. The number of benzene rings is 1. The Hall–Kier alpha value is -1.33. The number of anilines is 2. The molecule has 0 bridgehead atoms. The first kappa shape index (κ1) is 12.1. The van der Waals surface area contributed by atoms with Crippen LogP contribution in [0.15, 0.2) is 34.9 Å². The first-order chi connectivity index (χ1) is 8.19. The van der Waals surface area contributed by atoms with E-state index in [4.69, 9.17) is 16.3 Å². The quantitative estimate of drug-likeness (QED) is 0.879. The van der Waals surface area contributed by atoms with Crippen molar-refractivity contribution in [2.75, 3.05) is 12.4 Å². The molecule has 1 heterocycles. The van der Waals surface area contributed by atoms with E-state index in [9.17, 15) is 0 Å². The summed E-state index contributed by atoms with van der Waals surface area (Å²) in [5.41, 5.74) is 0.861. The second kappa shape index (κ2) is 5.33. The zero-order valence-corrected chi connectivity index (χ0v) is 11.3. The molecule has 88 valence electrons. The standard InChI is InChI=1S/C11H9BrClN3O/c1-17-8-4-2-3-7(5-8)15-10-9(12)6-14-11(13)16-10/h2-6H,1H3,(H,14,15,16). The fourth-order valence-electron chi connectivity index (χ4n) is 1.27. The van der Waals surface area contributed by atoms with Gasteiger partial charge in [0.2, 0.25) is 5.28 Å². The molecular formula is C11H9BrClN3O. The molecule has 0 radical (unpaired) electrons. The lowest BCUT2D eigenvalue weighted by Gasteiger charge is -2.08. The van der Waals surface area contributed by atoms with Gasteiger partial charge in [-0.05, 0) is 39.7 Å². The zero-order valence-electron chi connectivity index (χ0n) is 8.95. The van der Waals surface area contributed by atoms with Crippen molar-refractivity contribution in [3.63, 3.8) is 0 Å². The summed E-state index contributed by atoms with van der Waals surface area (Å²) in [6, 6.07) is 7.53. The summed E-state index contributed by atoms with van der Waals surface area (Å²) in [5, 5.41) is 3.32. The second-order valence-corrected chi connectivity index (χ2v) is 4.38. The summed E-state index contributed by atoms with van der Waals surface area (Å²) in [4.78, 5) is 7.94. The minimum Gasteiger partial charge on any atom is -0.497 e. The van der Waals surface area contributed by atoms with Crippen LogP contribution in [0.4, 0.5) is 11.5 Å². The molecule has 0 aliphatic carbocycles. The maximum atomic E-state index is 5.73. The summed E-state index contributed by atoms with van der Waals surface area (Å²) in [5.74, 6) is 1.38. The molecule has 0 aliphatic heterocycles. The first-order valence-electron chi connectivity index (χ1n) is 4.78. The van der Waals surface area contributed by atoms with Crippen molar-refractivity contribution in [1.82, 2.24) is 9.97 Å². The third-order valence-corrected chi connectivity index (χ3v) is 2.81. The molecule has 1 N–H and O–H groups in total. The normalized spacial score (nSPS) is 10.1. The Bertz CT molecular complexity index is 536. The van der Waals surface area contributed by atoms with E-state index < -0.39 is 0 Å². The molecule has 17 heavy (non-hydrogen) atoms. The number of ether oxygens (including phenoxy) is 1. The van der Waals surface area contributed by atoms with Crippen LogP contribution in [0.1, 0.15) is 0 Å². The molecule has 6 heteroatoms. The topological polar surface area (TPSA) is 47.0 Å². The highest BCUT2D eigenvalue weighted by Gasteiger charge is 2.04. The molecule has 1 aromatic carbocycles. The minimum atomic E-state index is 0.193. The molecule has 0 spiro atoms. The van der Waals surface area contributed by atoms with Crippen LogP contribution < -0.4 is 10.1 Å². The molecule has 2 rings (SSSR count). The van der Waals surface area contributed by atoms with Crippen LogP contribution >= 0.6 is 27.5 Å². The van der Waals surface area contributed by atoms with Gasteiger partial charge in [-0.3, -0.25) is 0 Å². The molecule has 0 saturated heterocycles. The van der Waals surface area contributed by atoms with Gasteiger partial charge in [0.15, 0.2) is 0 Å². The Balaban J connectivity index is 2.27. The van der Waals surface area contributed by atoms with Gasteiger partial charge in [-0.1, -0.05) is 6.07 Å². The van der Waals surface area contributed by atoms with E-state index in [1.807, 2.05) is 24.3 Å². The number of hydrogen-bond acceptors (Lipinski definition) is 4. The summed E-state index contributed by atoms with van der Waals surface area (Å²) < 4.78 is 5.88. The molecule has 4 nitrogen and oxygen atoms in total. The monoisotopic (exact) mass is 313 g/mol. The van der Waals surface area contributed by atoms with Crippen LogP contribution in [-0.4, -0.2) is 17.1 Å². The maximum absolute atomic E-state index is 5.73. The molecule has 1 aromatic heterocycles. The number of aromatic nitrogens is 2. The van der Waals surface area contributed by atoms with Crippen LogP contribution in [0.25, 0.3) is 0 Å². The van der Waals surface area contributed by atoms with Crippen LogP contribution in [0.3, 0.4) is 0 Å². The molecule has 0 atom stereocenters. The Morgan fingerprint density at radius 3 is 3.00 bits per heavy atom. The van der Waals surface area contributed by atoms with Crippen molar-refractivity contribution in [3.8, 4) is 5.75 Å². The summed E-state index contributed by atoms with van der Waals surface area (Å²) in [6.07, 6.45) is 1.60. The van der Waals surface area contributed by atoms with E-state index in [1.165, 1.54) is 0 Å². The SMILES string of the molecule is COc1cccc(Nc2nc(Cl)ncc2Br)c1. The lowest BCUT2D eigenvalue weighted by atomic mass is 10.3. The van der Waals surface area contributed by atoms with Gasteiger partial charge in [0.25, 0.3) is 0 Å². The lowest BCUT2D eigenvalue weighted by molar-refractivity contribution is 0.415. The largest absolute Gasteiger partial charge is 0.497 e. The van der Waals surface area contributed by atoms with Gasteiger partial charge < -0.3 is 10.1 Å². The number of halogens is 2. The third-order valence-electron chi connectivity index (χ3n) is 2.05. The fraction of sp³-hybridized carbons (Fsp3) is 0.0909.